The number of nitriles is 1. The van der Waals surface area contributed by atoms with Gasteiger partial charge in [-0.15, -0.1) is 11.3 Å². The smallest absolute Gasteiger partial charge is 0.410 e. The molecule has 0 radical (unpaired) electrons. The summed E-state index contributed by atoms with van der Waals surface area (Å²) in [6.07, 6.45) is 2.34. The number of anilines is 3. The largest absolute Gasteiger partial charge is 0.444 e. The molecule has 13 heteroatoms. The van der Waals surface area contributed by atoms with E-state index < -0.39 is 11.0 Å². The summed E-state index contributed by atoms with van der Waals surface area (Å²) in [5.74, 6) is 1.76. The van der Waals surface area contributed by atoms with Crippen LogP contribution in [0.1, 0.15) is 62.4 Å². The van der Waals surface area contributed by atoms with E-state index in [0.29, 0.717) is 54.2 Å². The first-order chi connectivity index (χ1) is 20.9. The second-order valence-electron chi connectivity index (χ2n) is 13.2. The number of amides is 1. The summed E-state index contributed by atoms with van der Waals surface area (Å²) in [7, 11) is 2.13. The second kappa shape index (κ2) is 11.6. The van der Waals surface area contributed by atoms with Crippen molar-refractivity contribution in [1.29, 1.82) is 5.26 Å². The van der Waals surface area contributed by atoms with Crippen LogP contribution in [0.2, 0.25) is 0 Å². The maximum absolute atomic E-state index is 12.7. The minimum Gasteiger partial charge on any atom is -0.444 e. The van der Waals surface area contributed by atoms with Gasteiger partial charge in [0.1, 0.15) is 28.2 Å². The Hall–Kier alpha value is -3.89. The van der Waals surface area contributed by atoms with Crippen LogP contribution < -0.4 is 15.5 Å². The summed E-state index contributed by atoms with van der Waals surface area (Å²) in [5, 5.41) is 14.9. The number of nitrogens with zero attached hydrogens (tertiary/aromatic N) is 8. The molecular weight excluding hydrogens is 578 g/mol. The van der Waals surface area contributed by atoms with Crippen molar-refractivity contribution in [3.05, 3.63) is 34.0 Å². The number of aromatic nitrogens is 3. The van der Waals surface area contributed by atoms with E-state index in [1.807, 2.05) is 26.8 Å². The number of hydrogen-bond acceptors (Lipinski definition) is 12. The van der Waals surface area contributed by atoms with E-state index in [-0.39, 0.29) is 6.09 Å². The molecule has 1 atom stereocenters. The van der Waals surface area contributed by atoms with E-state index >= 15 is 0 Å². The van der Waals surface area contributed by atoms with E-state index in [1.54, 1.807) is 4.90 Å². The summed E-state index contributed by atoms with van der Waals surface area (Å²) in [5.41, 5.74) is 8.19. The van der Waals surface area contributed by atoms with E-state index in [4.69, 9.17) is 25.0 Å². The molecule has 2 N–H and O–H groups in total. The first kappa shape index (κ1) is 30.1. The lowest BCUT2D eigenvalue weighted by Crippen LogP contribution is -2.50. The molecule has 12 nitrogen and oxygen atoms in total. The van der Waals surface area contributed by atoms with Gasteiger partial charge < -0.3 is 34.6 Å². The van der Waals surface area contributed by atoms with E-state index in [2.05, 4.69) is 46.0 Å². The predicted molar refractivity (Wildman–Crippen MR) is 170 cm³/mol. The summed E-state index contributed by atoms with van der Waals surface area (Å²) in [4.78, 5) is 32.4. The lowest BCUT2D eigenvalue weighted by atomic mass is 9.72. The summed E-state index contributed by atoms with van der Waals surface area (Å²) < 4.78 is 11.6. The van der Waals surface area contributed by atoms with Crippen molar-refractivity contribution in [2.75, 3.05) is 74.9 Å². The number of ether oxygens (including phenoxy) is 1. The number of fused-ring (bicyclic) bond motifs is 1. The van der Waals surface area contributed by atoms with Gasteiger partial charge in [0, 0.05) is 74.6 Å². The van der Waals surface area contributed by atoms with E-state index in [9.17, 15) is 10.1 Å². The average Bonchev–Trinajstić information content (AvgIpc) is 3.62. The molecule has 2 aliphatic heterocycles. The summed E-state index contributed by atoms with van der Waals surface area (Å²) >= 11 is 1.49. The normalized spacial score (nSPS) is 21.2. The molecule has 0 spiro atoms. The average molecular weight is 620 g/mol. The Morgan fingerprint density at radius 2 is 1.80 bits per heavy atom. The van der Waals surface area contributed by atoms with Gasteiger partial charge in [-0.25, -0.2) is 9.78 Å². The molecule has 2 saturated heterocycles. The third kappa shape index (κ3) is 5.80. The number of carbonyl (C=O) groups is 1. The zero-order chi connectivity index (χ0) is 31.2. The van der Waals surface area contributed by atoms with Gasteiger partial charge in [0.15, 0.2) is 0 Å². The van der Waals surface area contributed by atoms with Crippen LogP contribution >= 0.6 is 11.3 Å². The lowest BCUT2D eigenvalue weighted by molar-refractivity contribution is 0.0240. The van der Waals surface area contributed by atoms with Crippen LogP contribution in [0.5, 0.6) is 0 Å². The first-order valence-electron chi connectivity index (χ1n) is 15.3. The van der Waals surface area contributed by atoms with Gasteiger partial charge in [-0.3, -0.25) is 0 Å². The minimum absolute atomic E-state index is 0.281. The molecule has 44 heavy (non-hydrogen) atoms. The van der Waals surface area contributed by atoms with E-state index in [1.165, 1.54) is 11.3 Å². The number of aryl methyl sites for hydroxylation is 1. The van der Waals surface area contributed by atoms with Crippen molar-refractivity contribution >= 4 is 33.9 Å². The Morgan fingerprint density at radius 1 is 1.09 bits per heavy atom. The van der Waals surface area contributed by atoms with Gasteiger partial charge in [-0.1, -0.05) is 5.16 Å². The molecule has 6 rings (SSSR count). The molecule has 0 aromatic carbocycles. The van der Waals surface area contributed by atoms with Crippen molar-refractivity contribution in [3.63, 3.8) is 0 Å². The van der Waals surface area contributed by atoms with Crippen molar-refractivity contribution in [2.24, 2.45) is 0 Å². The SMILES string of the molecule is CN1CCN(c2cc(N3CCN(C(=O)OC(C)(C)C)CC3)cc(-c3noc([C@@]4(C)CCCc5sc(N)c(C#N)c54)n3)n2)CC1. The zero-order valence-corrected chi connectivity index (χ0v) is 27.0. The van der Waals surface area contributed by atoms with Crippen LogP contribution in [-0.4, -0.2) is 96.0 Å². The molecule has 3 aromatic rings. The fraction of sp³-hybridized carbons (Fsp3) is 0.581. The highest BCUT2D eigenvalue weighted by Gasteiger charge is 2.43. The number of piperazine rings is 2. The number of pyridine rings is 1. The topological polar surface area (TPSA) is 141 Å². The van der Waals surface area contributed by atoms with Crippen LogP contribution in [-0.2, 0) is 16.6 Å². The standard InChI is InChI=1S/C31H41N9O3S/c1-30(2,3)42-29(41)40-15-13-38(14-16-40)20-17-22(34-24(18-20)39-11-9-37(5)10-12-39)27-35-28(43-36-27)31(4)8-6-7-23-25(31)21(19-32)26(33)44-23/h17-18H,6-16,33H2,1-5H3/t31-/m0/s1. The van der Waals surface area contributed by atoms with Crippen molar-refractivity contribution in [2.45, 2.75) is 58.0 Å². The van der Waals surface area contributed by atoms with Gasteiger partial charge >= 0.3 is 6.09 Å². The molecule has 3 aliphatic rings. The van der Waals surface area contributed by atoms with Crippen molar-refractivity contribution in [3.8, 4) is 17.6 Å². The number of likely N-dealkylation sites (N-methyl/N-ethyl adjacent to an activating group) is 1. The Labute approximate surface area is 262 Å². The van der Waals surface area contributed by atoms with Gasteiger partial charge in [-0.05, 0) is 60.1 Å². The Morgan fingerprint density at radius 3 is 2.48 bits per heavy atom. The number of thiophene rings is 1. The Balaban J connectivity index is 1.31. The molecule has 1 amide bonds. The van der Waals surface area contributed by atoms with Gasteiger partial charge in [0.05, 0.1) is 11.0 Å². The number of carbonyl (C=O) groups excluding carboxylic acids is 1. The second-order valence-corrected chi connectivity index (χ2v) is 14.3. The molecule has 3 aromatic heterocycles. The Bertz CT molecular complexity index is 1570. The highest BCUT2D eigenvalue weighted by atomic mass is 32.1. The maximum atomic E-state index is 12.7. The monoisotopic (exact) mass is 619 g/mol. The zero-order valence-electron chi connectivity index (χ0n) is 26.2. The highest BCUT2D eigenvalue weighted by Crippen LogP contribution is 2.48. The molecule has 0 bridgehead atoms. The van der Waals surface area contributed by atoms with Crippen LogP contribution in [0, 0.1) is 11.3 Å². The van der Waals surface area contributed by atoms with Crippen molar-refractivity contribution < 1.29 is 14.1 Å². The van der Waals surface area contributed by atoms with Crippen molar-refractivity contribution in [1.82, 2.24) is 24.9 Å². The number of hydrogen-bond donors (Lipinski definition) is 1. The summed E-state index contributed by atoms with van der Waals surface area (Å²) in [6.45, 7) is 13.8. The fourth-order valence-corrected chi connectivity index (χ4v) is 7.52. The molecule has 5 heterocycles. The number of rotatable bonds is 4. The minimum atomic E-state index is -0.603. The third-order valence-corrected chi connectivity index (χ3v) is 9.88. The first-order valence-corrected chi connectivity index (χ1v) is 16.1. The lowest BCUT2D eigenvalue weighted by Gasteiger charge is -2.37. The van der Waals surface area contributed by atoms with Crippen LogP contribution in [0.25, 0.3) is 11.5 Å². The molecule has 0 saturated carbocycles. The van der Waals surface area contributed by atoms with Crippen LogP contribution in [0.15, 0.2) is 16.7 Å². The molecule has 234 valence electrons. The summed E-state index contributed by atoms with van der Waals surface area (Å²) in [6, 6.07) is 6.45. The van der Waals surface area contributed by atoms with E-state index in [0.717, 1.165) is 67.4 Å². The number of nitrogen functional groups attached to an aromatic ring is 1. The molecule has 1 aliphatic carbocycles. The molecule has 0 unspecified atom stereocenters. The van der Waals surface area contributed by atoms with Crippen LogP contribution in [0.4, 0.5) is 21.3 Å². The quantitative estimate of drug-likeness (QED) is 0.451. The predicted octanol–water partition coefficient (Wildman–Crippen LogP) is 4.10. The maximum Gasteiger partial charge on any atom is 0.410 e. The van der Waals surface area contributed by atoms with Gasteiger partial charge in [-0.2, -0.15) is 10.2 Å². The molecular formula is C31H41N9O3S. The van der Waals surface area contributed by atoms with Gasteiger partial charge in [0.25, 0.3) is 0 Å². The van der Waals surface area contributed by atoms with Crippen LogP contribution in [0.3, 0.4) is 0 Å². The van der Waals surface area contributed by atoms with Gasteiger partial charge in [0.2, 0.25) is 11.7 Å². The molecule has 2 fully saturated rings. The Kier molecular flexibility index (Phi) is 7.92. The third-order valence-electron chi connectivity index (χ3n) is 8.80. The highest BCUT2D eigenvalue weighted by molar-refractivity contribution is 7.16. The fourth-order valence-electron chi connectivity index (χ4n) is 6.33. The number of nitrogens with two attached hydrogens (primary N) is 1.